The average molecular weight is 195 g/mol. The molecule has 0 spiro atoms. The van der Waals surface area contributed by atoms with E-state index in [0.717, 1.165) is 11.1 Å². The van der Waals surface area contributed by atoms with E-state index in [2.05, 4.69) is 5.10 Å². The van der Waals surface area contributed by atoms with Crippen molar-refractivity contribution in [1.29, 1.82) is 0 Å². The molecule has 2 rings (SSSR count). The highest BCUT2D eigenvalue weighted by Crippen LogP contribution is 2.13. The third kappa shape index (κ3) is 1.31. The molecule has 0 unspecified atom stereocenters. The molecule has 0 N–H and O–H groups in total. The number of carbonyl (C=O) groups is 1. The second-order valence-corrected chi connectivity index (χ2v) is 3.21. The number of rotatable bonds is 1. The van der Waals surface area contributed by atoms with E-state index in [9.17, 15) is 4.79 Å². The lowest BCUT2D eigenvalue weighted by Crippen LogP contribution is -1.89. The molecule has 0 amide bonds. The highest BCUT2D eigenvalue weighted by molar-refractivity contribution is 6.68. The van der Waals surface area contributed by atoms with E-state index in [1.54, 1.807) is 10.7 Å². The molecule has 2 aromatic heterocycles. The molecule has 2 heterocycles. The van der Waals surface area contributed by atoms with Crippen LogP contribution >= 0.6 is 11.6 Å². The molecule has 0 aromatic carbocycles. The van der Waals surface area contributed by atoms with Gasteiger partial charge in [-0.25, -0.2) is 4.52 Å². The van der Waals surface area contributed by atoms with Gasteiger partial charge >= 0.3 is 0 Å². The van der Waals surface area contributed by atoms with Crippen LogP contribution in [0.25, 0.3) is 5.52 Å². The summed E-state index contributed by atoms with van der Waals surface area (Å²) in [6.45, 7) is 1.95. The minimum Gasteiger partial charge on any atom is -0.275 e. The van der Waals surface area contributed by atoms with Crippen LogP contribution in [-0.2, 0) is 0 Å². The minimum absolute atomic E-state index is 0.449. The van der Waals surface area contributed by atoms with Crippen molar-refractivity contribution in [3.05, 3.63) is 35.7 Å². The molecule has 13 heavy (non-hydrogen) atoms. The van der Waals surface area contributed by atoms with Crippen LogP contribution in [0.2, 0.25) is 0 Å². The zero-order chi connectivity index (χ0) is 9.42. The summed E-state index contributed by atoms with van der Waals surface area (Å²) in [5.74, 6) is 0. The Bertz CT molecular complexity index is 475. The first-order valence-electron chi connectivity index (χ1n) is 3.82. The van der Waals surface area contributed by atoms with Crippen LogP contribution in [-0.4, -0.2) is 14.9 Å². The largest absolute Gasteiger partial charge is 0.275 e. The molecule has 66 valence electrons. The summed E-state index contributed by atoms with van der Waals surface area (Å²) >= 11 is 5.38. The smallest absolute Gasteiger partial charge is 0.256 e. The number of aryl methyl sites for hydroxylation is 1. The summed E-state index contributed by atoms with van der Waals surface area (Å²) < 4.78 is 1.63. The second kappa shape index (κ2) is 2.85. The summed E-state index contributed by atoms with van der Waals surface area (Å²) in [5, 5.41) is 3.52. The molecule has 0 aliphatic rings. The van der Waals surface area contributed by atoms with Crippen LogP contribution in [0.1, 0.15) is 15.9 Å². The molecule has 0 aliphatic heterocycles. The van der Waals surface area contributed by atoms with Crippen molar-refractivity contribution in [3.8, 4) is 0 Å². The van der Waals surface area contributed by atoms with Crippen molar-refractivity contribution < 1.29 is 4.79 Å². The molecule has 0 bridgehead atoms. The van der Waals surface area contributed by atoms with Gasteiger partial charge in [-0.3, -0.25) is 4.79 Å². The van der Waals surface area contributed by atoms with Crippen LogP contribution in [0, 0.1) is 6.92 Å². The van der Waals surface area contributed by atoms with Crippen molar-refractivity contribution in [2.45, 2.75) is 6.92 Å². The summed E-state index contributed by atoms with van der Waals surface area (Å²) in [4.78, 5) is 10.9. The van der Waals surface area contributed by atoms with E-state index in [0.29, 0.717) is 5.56 Å². The predicted molar refractivity (Wildman–Crippen MR) is 50.1 cm³/mol. The van der Waals surface area contributed by atoms with E-state index >= 15 is 0 Å². The summed E-state index contributed by atoms with van der Waals surface area (Å²) in [7, 11) is 0. The first-order valence-corrected chi connectivity index (χ1v) is 4.20. The molecule has 0 saturated carbocycles. The van der Waals surface area contributed by atoms with Gasteiger partial charge in [-0.05, 0) is 36.2 Å². The van der Waals surface area contributed by atoms with Crippen LogP contribution in [0.5, 0.6) is 0 Å². The van der Waals surface area contributed by atoms with Gasteiger partial charge in [0.1, 0.15) is 0 Å². The molecule has 0 atom stereocenters. The van der Waals surface area contributed by atoms with E-state index in [1.807, 2.05) is 19.1 Å². The lowest BCUT2D eigenvalue weighted by atomic mass is 10.2. The van der Waals surface area contributed by atoms with Crippen molar-refractivity contribution in [3.63, 3.8) is 0 Å². The van der Waals surface area contributed by atoms with E-state index in [4.69, 9.17) is 11.6 Å². The van der Waals surface area contributed by atoms with E-state index < -0.39 is 5.24 Å². The molecule has 0 radical (unpaired) electrons. The van der Waals surface area contributed by atoms with E-state index in [1.165, 1.54) is 6.20 Å². The minimum atomic E-state index is -0.472. The van der Waals surface area contributed by atoms with Gasteiger partial charge in [0, 0.05) is 6.20 Å². The summed E-state index contributed by atoms with van der Waals surface area (Å²) in [5.41, 5.74) is 2.28. The van der Waals surface area contributed by atoms with Gasteiger partial charge in [0.2, 0.25) is 0 Å². The quantitative estimate of drug-likeness (QED) is 0.651. The topological polar surface area (TPSA) is 34.4 Å². The SMILES string of the molecule is Cc1ccn2ncc(C(=O)Cl)c2c1. The molecule has 2 aromatic rings. The van der Waals surface area contributed by atoms with Gasteiger partial charge in [-0.2, -0.15) is 5.10 Å². The van der Waals surface area contributed by atoms with Crippen LogP contribution in [0.15, 0.2) is 24.5 Å². The van der Waals surface area contributed by atoms with Crippen molar-refractivity contribution >= 4 is 22.4 Å². The highest BCUT2D eigenvalue weighted by Gasteiger charge is 2.09. The maximum Gasteiger partial charge on any atom is 0.256 e. The molecule has 0 fully saturated rings. The number of halogens is 1. The normalized spacial score (nSPS) is 10.6. The summed E-state index contributed by atoms with van der Waals surface area (Å²) in [6.07, 6.45) is 3.28. The number of hydrogen-bond donors (Lipinski definition) is 0. The molecule has 0 saturated heterocycles. The Labute approximate surface area is 79.9 Å². The Kier molecular flexibility index (Phi) is 1.81. The maximum absolute atomic E-state index is 10.9. The Balaban J connectivity index is 2.79. The van der Waals surface area contributed by atoms with E-state index in [-0.39, 0.29) is 0 Å². The average Bonchev–Trinajstić information content (AvgIpc) is 2.46. The van der Waals surface area contributed by atoms with Gasteiger partial charge in [0.05, 0.1) is 17.3 Å². The lowest BCUT2D eigenvalue weighted by Gasteiger charge is -1.95. The maximum atomic E-state index is 10.9. The Morgan fingerprint density at radius 1 is 1.62 bits per heavy atom. The standard InChI is InChI=1S/C9H7ClN2O/c1-6-2-3-12-8(4-6)7(5-11-12)9(10)13/h2-5H,1H3. The molecular formula is C9H7ClN2O. The number of nitrogens with zero attached hydrogens (tertiary/aromatic N) is 2. The van der Waals surface area contributed by atoms with Gasteiger partial charge in [0.25, 0.3) is 5.24 Å². The highest BCUT2D eigenvalue weighted by atomic mass is 35.5. The van der Waals surface area contributed by atoms with Crippen molar-refractivity contribution in [2.75, 3.05) is 0 Å². The fraction of sp³-hybridized carbons (Fsp3) is 0.111. The van der Waals surface area contributed by atoms with Gasteiger partial charge < -0.3 is 0 Å². The van der Waals surface area contributed by atoms with Crippen molar-refractivity contribution in [1.82, 2.24) is 9.61 Å². The third-order valence-electron chi connectivity index (χ3n) is 1.89. The van der Waals surface area contributed by atoms with Crippen LogP contribution in [0.4, 0.5) is 0 Å². The lowest BCUT2D eigenvalue weighted by molar-refractivity contribution is 0.108. The van der Waals surface area contributed by atoms with Gasteiger partial charge in [0.15, 0.2) is 0 Å². The fourth-order valence-electron chi connectivity index (χ4n) is 1.24. The number of aromatic nitrogens is 2. The zero-order valence-corrected chi connectivity index (χ0v) is 7.75. The first kappa shape index (κ1) is 8.26. The second-order valence-electron chi connectivity index (χ2n) is 2.87. The fourth-order valence-corrected chi connectivity index (χ4v) is 1.38. The van der Waals surface area contributed by atoms with Gasteiger partial charge in [-0.15, -0.1) is 0 Å². The van der Waals surface area contributed by atoms with Crippen LogP contribution in [0.3, 0.4) is 0 Å². The van der Waals surface area contributed by atoms with Crippen LogP contribution < -0.4 is 0 Å². The predicted octanol–water partition coefficient (Wildman–Crippen LogP) is 2.02. The zero-order valence-electron chi connectivity index (χ0n) is 6.99. The van der Waals surface area contributed by atoms with Crippen molar-refractivity contribution in [2.24, 2.45) is 0 Å². The van der Waals surface area contributed by atoms with Gasteiger partial charge in [-0.1, -0.05) is 0 Å². The molecule has 4 heteroatoms. The Hall–Kier alpha value is -1.35. The molecular weight excluding hydrogens is 188 g/mol. The summed E-state index contributed by atoms with van der Waals surface area (Å²) in [6, 6.07) is 3.80. The Morgan fingerprint density at radius 2 is 2.38 bits per heavy atom. The number of pyridine rings is 1. The number of carbonyl (C=O) groups excluding carboxylic acids is 1. The first-order chi connectivity index (χ1) is 6.18. The number of fused-ring (bicyclic) bond motifs is 1. The molecule has 3 nitrogen and oxygen atoms in total. The monoisotopic (exact) mass is 194 g/mol. The number of hydrogen-bond acceptors (Lipinski definition) is 2. The molecule has 0 aliphatic carbocycles. The Morgan fingerprint density at radius 3 is 3.08 bits per heavy atom. The third-order valence-corrected chi connectivity index (χ3v) is 2.09.